The normalized spacial score (nSPS) is 11.4. The Hall–Kier alpha value is -15.1. The van der Waals surface area contributed by atoms with Crippen LogP contribution in [0.15, 0.2) is 297 Å². The van der Waals surface area contributed by atoms with E-state index in [0.717, 1.165) is 88.0 Å². The zero-order chi connectivity index (χ0) is 86.6. The van der Waals surface area contributed by atoms with Crippen molar-refractivity contribution in [3.63, 3.8) is 0 Å². The molecule has 6 N–H and O–H groups in total. The Morgan fingerprint density at radius 1 is 0.533 bits per heavy atom. The number of phenols is 1. The Morgan fingerprint density at radius 3 is 1.44 bits per heavy atom. The number of hydrogen-bond donors (Lipinski definition) is 6. The van der Waals surface area contributed by atoms with Crippen molar-refractivity contribution < 1.29 is 60.2 Å². The van der Waals surface area contributed by atoms with E-state index in [1.807, 2.05) is 217 Å². The molecule has 1 saturated carbocycles. The van der Waals surface area contributed by atoms with Gasteiger partial charge in [0.05, 0.1) is 81.4 Å². The Kier molecular flexibility index (Phi) is 33.3. The Balaban J connectivity index is 0.000000150. The molecule has 0 aliphatic heterocycles. The molecule has 7 aromatic heterocycles. The minimum Gasteiger partial charge on any atom is -0.507 e. The van der Waals surface area contributed by atoms with Crippen molar-refractivity contribution in [3.05, 3.63) is 301 Å². The number of tetrazole rings is 1. The number of aromatic nitrogens is 11. The second kappa shape index (κ2) is 45.6. The maximum absolute atomic E-state index is 12.1. The lowest BCUT2D eigenvalue weighted by atomic mass is 10.1. The average Bonchev–Trinajstić information content (AvgIpc) is 1.57. The van der Waals surface area contributed by atoms with Gasteiger partial charge in [-0.05, 0) is 129 Å². The summed E-state index contributed by atoms with van der Waals surface area (Å²) in [6, 6.07) is 70.5. The first-order chi connectivity index (χ1) is 59.1. The third-order valence-electron chi connectivity index (χ3n) is 18.0. The van der Waals surface area contributed by atoms with Crippen LogP contribution in [0.1, 0.15) is 87.6 Å². The highest BCUT2D eigenvalue weighted by molar-refractivity contribution is 7.92. The number of hydrogen-bond acceptors (Lipinski definition) is 24. The topological polar surface area (TPSA) is 421 Å². The second-order valence-electron chi connectivity index (χ2n) is 27.9. The molecule has 122 heavy (non-hydrogen) atoms. The summed E-state index contributed by atoms with van der Waals surface area (Å²) in [4.78, 5) is 63.8. The number of benzene rings is 8. The third-order valence-corrected chi connectivity index (χ3v) is 19.6. The molecule has 0 spiro atoms. The number of sulfonamides is 1. The van der Waals surface area contributed by atoms with Crippen molar-refractivity contribution in [1.29, 1.82) is 0 Å². The van der Waals surface area contributed by atoms with E-state index in [1.165, 1.54) is 23.1 Å². The van der Waals surface area contributed by atoms with Gasteiger partial charge < -0.3 is 32.6 Å². The first kappa shape index (κ1) is 89.2. The fraction of sp³-hybridized carbons (Fsp3) is 0.202. The number of nitrogens with one attached hydrogen (secondary N) is 5. The molecule has 33 heteroatoms. The molecule has 0 radical (unpaired) electrons. The van der Waals surface area contributed by atoms with E-state index in [-0.39, 0.29) is 58.6 Å². The zero-order valence-electron chi connectivity index (χ0n) is 68.0. The predicted molar refractivity (Wildman–Crippen MR) is 463 cm³/mol. The van der Waals surface area contributed by atoms with Crippen molar-refractivity contribution in [1.82, 2.24) is 60.4 Å². The van der Waals surface area contributed by atoms with Crippen LogP contribution in [0.5, 0.6) is 5.75 Å². The van der Waals surface area contributed by atoms with Crippen LogP contribution < -0.4 is 26.0 Å². The van der Waals surface area contributed by atoms with Crippen LogP contribution in [-0.4, -0.2) is 129 Å². The van der Waals surface area contributed by atoms with Crippen LogP contribution in [0.2, 0.25) is 0 Å². The number of anilines is 5. The number of nitro benzene ring substituents is 1. The van der Waals surface area contributed by atoms with E-state index >= 15 is 0 Å². The van der Waals surface area contributed by atoms with Crippen LogP contribution in [0.3, 0.4) is 0 Å². The van der Waals surface area contributed by atoms with Crippen molar-refractivity contribution in [2.24, 2.45) is 11.8 Å². The number of rotatable bonds is 23. The van der Waals surface area contributed by atoms with Gasteiger partial charge in [-0.25, -0.2) is 13.4 Å². The number of carbonyl (C=O) groups is 4. The molecule has 0 saturated heterocycles. The van der Waals surface area contributed by atoms with Crippen molar-refractivity contribution in [3.8, 4) is 72.8 Å². The van der Waals surface area contributed by atoms with Crippen molar-refractivity contribution >= 4 is 68.8 Å². The molecule has 8 aromatic carbocycles. The number of aromatic hydroxyl groups is 1. The zero-order valence-corrected chi connectivity index (χ0v) is 68.8. The number of carbonyl (C=O) groups excluding carboxylic acids is 4. The second-order valence-corrected chi connectivity index (χ2v) is 29.7. The quantitative estimate of drug-likeness (QED) is 0.0256. The number of nitro groups is 1. The Bertz CT molecular complexity index is 5850. The first-order valence-electron chi connectivity index (χ1n) is 38.8. The first-order valence-corrected chi connectivity index (χ1v) is 40.5. The number of amides is 4. The van der Waals surface area contributed by atoms with E-state index in [9.17, 15) is 42.8 Å². The van der Waals surface area contributed by atoms with E-state index in [1.54, 1.807) is 97.2 Å². The largest absolute Gasteiger partial charge is 0.507 e. The highest BCUT2D eigenvalue weighted by atomic mass is 32.2. The van der Waals surface area contributed by atoms with Gasteiger partial charge in [-0.1, -0.05) is 240 Å². The summed E-state index contributed by atoms with van der Waals surface area (Å²) in [5, 5.41) is 61.2. The summed E-state index contributed by atoms with van der Waals surface area (Å²) in [5.41, 5.74) is 10.4. The number of aryl methyl sites for hydroxylation is 2. The minimum absolute atomic E-state index is 0.0476. The van der Waals surface area contributed by atoms with Gasteiger partial charge in [-0.3, -0.25) is 59.8 Å². The van der Waals surface area contributed by atoms with Gasteiger partial charge in [0, 0.05) is 53.7 Å². The number of imidazole rings is 1. The molecule has 15 aromatic rings. The van der Waals surface area contributed by atoms with E-state index < -0.39 is 14.9 Å². The van der Waals surface area contributed by atoms with Gasteiger partial charge in [0.15, 0.2) is 0 Å². The van der Waals surface area contributed by atoms with Gasteiger partial charge in [0.25, 0.3) is 17.5 Å². The van der Waals surface area contributed by atoms with Gasteiger partial charge in [0.1, 0.15) is 29.4 Å². The fourth-order valence-corrected chi connectivity index (χ4v) is 13.5. The van der Waals surface area contributed by atoms with Crippen molar-refractivity contribution in [2.75, 3.05) is 52.4 Å². The minimum atomic E-state index is -3.35. The number of para-hydroxylation sites is 4. The molecule has 7 heterocycles. The van der Waals surface area contributed by atoms with E-state index in [2.05, 4.69) is 72.3 Å². The van der Waals surface area contributed by atoms with Gasteiger partial charge in [0.2, 0.25) is 45.4 Å². The molecule has 1 aliphatic carbocycles. The molecule has 1 aliphatic rings. The lowest BCUT2D eigenvalue weighted by Gasteiger charge is -2.12. The Morgan fingerprint density at radius 2 is 0.967 bits per heavy atom. The molecule has 0 atom stereocenters. The third kappa shape index (κ3) is 26.7. The maximum atomic E-state index is 12.1. The lowest BCUT2D eigenvalue weighted by Crippen LogP contribution is -2.21. The van der Waals surface area contributed by atoms with E-state index in [0.29, 0.717) is 71.1 Å². The molecule has 1 fully saturated rings. The monoisotopic (exact) mass is 1670 g/mol. The van der Waals surface area contributed by atoms with Crippen LogP contribution in [0.25, 0.3) is 67.0 Å². The van der Waals surface area contributed by atoms with Gasteiger partial charge in [-0.2, -0.15) is 4.68 Å². The molecule has 0 unspecified atom stereocenters. The molecule has 32 nitrogen and oxygen atoms in total. The van der Waals surface area contributed by atoms with Crippen LogP contribution in [-0.2, 0) is 24.4 Å². The van der Waals surface area contributed by atoms with Gasteiger partial charge >= 0.3 is 0 Å². The summed E-state index contributed by atoms with van der Waals surface area (Å²) < 4.78 is 54.7. The summed E-state index contributed by atoms with van der Waals surface area (Å²) in [6.07, 6.45) is 17.0. The predicted octanol–water partition coefficient (Wildman–Crippen LogP) is 17.9. The maximum Gasteiger partial charge on any atom is 0.277 e. The molecule has 0 bridgehead atoms. The molecular formula is C89H92N18O14S. The smallest absolute Gasteiger partial charge is 0.277 e. The molecule has 4 amide bonds. The number of phenolic OH excluding ortho intramolecular Hbond substituents is 1. The molecular weight excluding hydrogens is 1580 g/mol. The summed E-state index contributed by atoms with van der Waals surface area (Å²) in [5.74, 6) is 3.46. The van der Waals surface area contributed by atoms with Crippen LogP contribution >= 0.6 is 0 Å². The van der Waals surface area contributed by atoms with E-state index in [4.69, 9.17) is 22.6 Å². The SMILES string of the molecule is CC(C)CS(=O)(=O)Nc1cncn1-c1ccccc1.CCCC(=O)Nc1oncc1-c1ccccc1.CN(C)CCC(=O)Nc1oncc1-c1ccccc1.Cc1oncc1-c1ccccc1O.Cc1oncc1-c1ccccc1[N+](=O)[O-].O=C(Nc1nnnn1-c1ccccc1)c1ccccc1.O=C(Nc1oncc1-c1ccccc1)C1CCCC1. The fourth-order valence-electron chi connectivity index (χ4n) is 12.0. The highest BCUT2D eigenvalue weighted by Crippen LogP contribution is 2.35. The average molecular weight is 1670 g/mol. The summed E-state index contributed by atoms with van der Waals surface area (Å²) in [7, 11) is 0.510. The lowest BCUT2D eigenvalue weighted by molar-refractivity contribution is -0.384. The summed E-state index contributed by atoms with van der Waals surface area (Å²) in [6.45, 7) is 9.92. The van der Waals surface area contributed by atoms with Crippen LogP contribution in [0.4, 0.5) is 35.1 Å². The van der Waals surface area contributed by atoms with Gasteiger partial charge in [-0.15, -0.1) is 0 Å². The van der Waals surface area contributed by atoms with Crippen molar-refractivity contribution in [2.45, 2.75) is 79.6 Å². The van der Waals surface area contributed by atoms with Crippen LogP contribution in [0, 0.1) is 35.8 Å². The molecule has 628 valence electrons. The Labute approximate surface area is 703 Å². The summed E-state index contributed by atoms with van der Waals surface area (Å²) >= 11 is 0. The standard InChI is InChI=1S/C15H16N2O2.C14H11N5O.C14H17N3O2.C13H17N3O2S.C13H14N2O2.C10H8N2O3.C10H9NO2/c18-14(12-8-4-5-9-12)17-15-13(10-16-19-15)11-6-2-1-3-7-11;20-13(11-7-3-1-4-8-11)15-14-16-17-18-19(14)12-9-5-2-6-10-12;1-17(2)9-8-13(18)16-14-12(10-15-19-14)11-6-4-3-5-7-11;1-11(2)9-19(17,18)15-13-8-14-10-16(13)12-6-4-3-5-7-12;1-2-6-12(16)15-13-11(9-14-17-13)10-7-4-3-5-8-10;1-7-9(6-11-15-7)8-4-2-3-5-10(8)12(13)14;1-7-9(6-11-13-7)8-4-2-3-5-10(8)12/h1-3,6-7,10,12H,4-5,8-9H2,(H,17,18);1-10H,(H,15,16,18,20);3-7,10H,8-9H2,1-2H3,(H,16,18);3-8,10-11,15H,9H2,1-2H3;3-5,7-9H,2,6H2,1H3,(H,15,16);2-6H,1H3;2-6,12H,1H3. The highest BCUT2D eigenvalue weighted by Gasteiger charge is 2.26. The number of nitrogens with zero attached hydrogens (tertiary/aromatic N) is 13. The molecule has 16 rings (SSSR count).